The Balaban J connectivity index is 1.16. The van der Waals surface area contributed by atoms with Gasteiger partial charge in [-0.3, -0.25) is 4.99 Å². The molecule has 0 saturated carbocycles. The lowest BCUT2D eigenvalue weighted by atomic mass is 9.98. The number of para-hydroxylation sites is 2. The van der Waals surface area contributed by atoms with E-state index in [1.165, 1.54) is 33.4 Å². The Bertz CT molecular complexity index is 1920. The molecule has 0 N–H and O–H groups in total. The van der Waals surface area contributed by atoms with Gasteiger partial charge < -0.3 is 9.47 Å². The molecule has 1 aliphatic carbocycles. The molecule has 4 aromatic rings. The van der Waals surface area contributed by atoms with Crippen molar-refractivity contribution in [2.75, 3.05) is 19.6 Å². The van der Waals surface area contributed by atoms with Crippen LogP contribution in [0.15, 0.2) is 139 Å². The van der Waals surface area contributed by atoms with Crippen LogP contribution in [0.4, 0.5) is 0 Å². The quantitative estimate of drug-likeness (QED) is 0.191. The highest BCUT2D eigenvalue weighted by Crippen LogP contribution is 2.27. The molecule has 6 rings (SSSR count). The number of nitrogens with zero attached hydrogens (tertiary/aromatic N) is 4. The highest BCUT2D eigenvalue weighted by atomic mass is 15.2. The maximum atomic E-state index is 4.94. The first-order valence-electron chi connectivity index (χ1n) is 16.3. The van der Waals surface area contributed by atoms with Crippen molar-refractivity contribution in [1.29, 1.82) is 0 Å². The second kappa shape index (κ2) is 14.7. The van der Waals surface area contributed by atoms with Gasteiger partial charge in [0.05, 0.1) is 17.6 Å². The zero-order valence-electron chi connectivity index (χ0n) is 26.9. The summed E-state index contributed by atoms with van der Waals surface area (Å²) in [6.45, 7) is 11.9. The second-order valence-corrected chi connectivity index (χ2v) is 11.5. The fourth-order valence-electron chi connectivity index (χ4n) is 6.11. The number of hydrogen-bond donors (Lipinski definition) is 0. The van der Waals surface area contributed by atoms with Crippen molar-refractivity contribution in [3.63, 3.8) is 0 Å². The molecule has 0 fully saturated rings. The third-order valence-electron chi connectivity index (χ3n) is 8.60. The van der Waals surface area contributed by atoms with E-state index in [-0.39, 0.29) is 0 Å². The molecule has 0 saturated heterocycles. The van der Waals surface area contributed by atoms with Crippen LogP contribution in [0.1, 0.15) is 42.5 Å². The molecule has 4 heteroatoms. The Morgan fingerprint density at radius 3 is 2.50 bits per heavy atom. The molecule has 1 aromatic heterocycles. The SMILES string of the molecule is C=Cc1cc(C2=CC=C(C3=NC/C=C\C=C/CN3CC)CC=C2)ccc1/C=C\Cc1ccc(-c2nc3ccccc3n2CC)cc1. The number of aliphatic imine (C=N–C) groups is 1. The third-order valence-corrected chi connectivity index (χ3v) is 8.60. The van der Waals surface area contributed by atoms with Crippen molar-refractivity contribution >= 4 is 34.6 Å². The van der Waals surface area contributed by atoms with Crippen LogP contribution in [0, 0.1) is 0 Å². The van der Waals surface area contributed by atoms with Crippen molar-refractivity contribution < 1.29 is 0 Å². The van der Waals surface area contributed by atoms with Gasteiger partial charge in [-0.05, 0) is 78.3 Å². The fraction of sp³-hybridized carbons (Fsp3) is 0.190. The minimum Gasteiger partial charge on any atom is -0.353 e. The number of fused-ring (bicyclic) bond motifs is 1. The summed E-state index contributed by atoms with van der Waals surface area (Å²) in [5.74, 6) is 2.11. The van der Waals surface area contributed by atoms with Crippen LogP contribution in [0.25, 0.3) is 40.1 Å². The molecular weight excluding hydrogens is 560 g/mol. The first kappa shape index (κ1) is 30.8. The highest BCUT2D eigenvalue weighted by molar-refractivity contribution is 6.00. The van der Waals surface area contributed by atoms with Crippen LogP contribution < -0.4 is 0 Å². The fourth-order valence-corrected chi connectivity index (χ4v) is 6.11. The minimum atomic E-state index is 0.694. The summed E-state index contributed by atoms with van der Waals surface area (Å²) in [5.41, 5.74) is 10.5. The van der Waals surface area contributed by atoms with Gasteiger partial charge in [-0.2, -0.15) is 0 Å². The lowest BCUT2D eigenvalue weighted by Crippen LogP contribution is -2.32. The zero-order valence-corrected chi connectivity index (χ0v) is 26.9. The van der Waals surface area contributed by atoms with E-state index in [9.17, 15) is 0 Å². The molecule has 1 aliphatic heterocycles. The lowest BCUT2D eigenvalue weighted by molar-refractivity contribution is 0.486. The number of allylic oxidation sites excluding steroid dienone is 8. The van der Waals surface area contributed by atoms with Gasteiger partial charge in [0.15, 0.2) is 0 Å². The second-order valence-electron chi connectivity index (χ2n) is 11.5. The van der Waals surface area contributed by atoms with Crippen LogP contribution in [0.5, 0.6) is 0 Å². The zero-order chi connectivity index (χ0) is 31.7. The van der Waals surface area contributed by atoms with Gasteiger partial charge in [-0.1, -0.05) is 122 Å². The Labute approximate surface area is 273 Å². The molecular formula is C42H42N4. The maximum absolute atomic E-state index is 4.94. The van der Waals surface area contributed by atoms with E-state index in [0.717, 1.165) is 60.8 Å². The van der Waals surface area contributed by atoms with Crippen LogP contribution in [-0.2, 0) is 13.0 Å². The summed E-state index contributed by atoms with van der Waals surface area (Å²) in [4.78, 5) is 12.2. The standard InChI is InChI=1S/C42H42N4/c1-4-33-31-38(35-17-14-18-36(27-25-35)41-43-29-11-7-8-12-30-45(41)5-2)28-26-34(33)16-13-15-32-21-23-37(24-22-32)42-44-39-19-9-10-20-40(39)46(42)6-3/h4,7-14,16-17,19-28,31H,1,5-6,15,18,29-30H2,2-3H3/b11-7-,12-8-,16-13-,43-41?. The minimum absolute atomic E-state index is 0.694. The van der Waals surface area contributed by atoms with E-state index in [4.69, 9.17) is 9.98 Å². The van der Waals surface area contributed by atoms with Gasteiger partial charge in [0, 0.05) is 25.2 Å². The number of imidazole rings is 1. The molecule has 46 heavy (non-hydrogen) atoms. The largest absolute Gasteiger partial charge is 0.353 e. The summed E-state index contributed by atoms with van der Waals surface area (Å²) in [5, 5.41) is 0. The normalized spacial score (nSPS) is 16.7. The van der Waals surface area contributed by atoms with Crippen LogP contribution in [0.2, 0.25) is 0 Å². The molecule has 0 amide bonds. The molecule has 4 nitrogen and oxygen atoms in total. The Morgan fingerprint density at radius 1 is 0.848 bits per heavy atom. The Morgan fingerprint density at radius 2 is 1.67 bits per heavy atom. The summed E-state index contributed by atoms with van der Waals surface area (Å²) in [7, 11) is 0. The summed E-state index contributed by atoms with van der Waals surface area (Å²) >= 11 is 0. The maximum Gasteiger partial charge on any atom is 0.141 e. The molecule has 0 bridgehead atoms. The van der Waals surface area contributed by atoms with Gasteiger partial charge in [0.2, 0.25) is 0 Å². The summed E-state index contributed by atoms with van der Waals surface area (Å²) < 4.78 is 2.28. The summed E-state index contributed by atoms with van der Waals surface area (Å²) in [6, 6.07) is 23.8. The van der Waals surface area contributed by atoms with Crippen LogP contribution in [0.3, 0.4) is 0 Å². The van der Waals surface area contributed by atoms with E-state index in [1.54, 1.807) is 0 Å². The molecule has 0 radical (unpaired) electrons. The number of aryl methyl sites for hydroxylation is 1. The molecule has 2 aliphatic rings. The first-order chi connectivity index (χ1) is 22.7. The van der Waals surface area contributed by atoms with Crippen molar-refractivity contribution in [2.45, 2.75) is 33.2 Å². The first-order valence-corrected chi connectivity index (χ1v) is 16.3. The number of amidine groups is 1. The number of likely N-dealkylation sites (N-methyl/N-ethyl adjacent to an activating group) is 1. The van der Waals surface area contributed by atoms with E-state index < -0.39 is 0 Å². The molecule has 0 spiro atoms. The molecule has 0 atom stereocenters. The van der Waals surface area contributed by atoms with Crippen LogP contribution in [-0.4, -0.2) is 39.9 Å². The Kier molecular flexibility index (Phi) is 9.84. The Hall–Kier alpha value is -5.22. The van der Waals surface area contributed by atoms with Gasteiger partial charge in [-0.25, -0.2) is 4.98 Å². The average Bonchev–Trinajstić information content (AvgIpc) is 3.37. The predicted octanol–water partition coefficient (Wildman–Crippen LogP) is 9.74. The van der Waals surface area contributed by atoms with Crippen molar-refractivity contribution in [2.24, 2.45) is 4.99 Å². The smallest absolute Gasteiger partial charge is 0.141 e. The van der Waals surface area contributed by atoms with E-state index in [0.29, 0.717) is 6.54 Å². The average molecular weight is 603 g/mol. The van der Waals surface area contributed by atoms with E-state index in [1.807, 2.05) is 12.1 Å². The van der Waals surface area contributed by atoms with Gasteiger partial charge in [-0.15, -0.1) is 0 Å². The summed E-state index contributed by atoms with van der Waals surface area (Å²) in [6.07, 6.45) is 25.6. The number of rotatable bonds is 9. The highest BCUT2D eigenvalue weighted by Gasteiger charge is 2.15. The van der Waals surface area contributed by atoms with Crippen molar-refractivity contribution in [3.05, 3.63) is 156 Å². The number of benzene rings is 3. The van der Waals surface area contributed by atoms with Crippen molar-refractivity contribution in [1.82, 2.24) is 14.5 Å². The molecule has 3 aromatic carbocycles. The van der Waals surface area contributed by atoms with Gasteiger partial charge in [0.1, 0.15) is 11.7 Å². The molecule has 2 heterocycles. The predicted molar refractivity (Wildman–Crippen MR) is 198 cm³/mol. The van der Waals surface area contributed by atoms with Crippen molar-refractivity contribution in [3.8, 4) is 11.4 Å². The van der Waals surface area contributed by atoms with Gasteiger partial charge >= 0.3 is 0 Å². The van der Waals surface area contributed by atoms with Crippen LogP contribution >= 0.6 is 0 Å². The lowest BCUT2D eigenvalue weighted by Gasteiger charge is -2.24. The van der Waals surface area contributed by atoms with Gasteiger partial charge in [0.25, 0.3) is 0 Å². The number of hydrogen-bond acceptors (Lipinski definition) is 3. The third kappa shape index (κ3) is 6.87. The molecule has 0 unspecified atom stereocenters. The topological polar surface area (TPSA) is 33.4 Å². The monoisotopic (exact) mass is 602 g/mol. The van der Waals surface area contributed by atoms with E-state index >= 15 is 0 Å². The molecule has 230 valence electrons. The number of aromatic nitrogens is 2. The van der Waals surface area contributed by atoms with E-state index in [2.05, 4.69) is 151 Å².